The van der Waals surface area contributed by atoms with Crippen LogP contribution in [0.3, 0.4) is 0 Å². The third-order valence-electron chi connectivity index (χ3n) is 4.44. The monoisotopic (exact) mass is 263 g/mol. The zero-order chi connectivity index (χ0) is 13.2. The first-order valence-electron chi connectivity index (χ1n) is 7.33. The first-order chi connectivity index (χ1) is 8.50. The van der Waals surface area contributed by atoms with E-state index in [-0.39, 0.29) is 12.1 Å². The highest BCUT2D eigenvalue weighted by Crippen LogP contribution is 2.39. The summed E-state index contributed by atoms with van der Waals surface area (Å²) in [5.41, 5.74) is 0. The lowest BCUT2D eigenvalue weighted by atomic mass is 9.83. The number of alkyl halides is 3. The highest BCUT2D eigenvalue weighted by Gasteiger charge is 2.45. The second-order valence-corrected chi connectivity index (χ2v) is 5.99. The molecule has 0 aromatic rings. The average molecular weight is 263 g/mol. The van der Waals surface area contributed by atoms with Crippen molar-refractivity contribution in [1.29, 1.82) is 0 Å². The van der Waals surface area contributed by atoms with Crippen molar-refractivity contribution in [1.82, 2.24) is 5.32 Å². The van der Waals surface area contributed by atoms with E-state index in [1.54, 1.807) is 0 Å². The summed E-state index contributed by atoms with van der Waals surface area (Å²) in [6.45, 7) is 2.07. The van der Waals surface area contributed by atoms with E-state index in [9.17, 15) is 13.2 Å². The predicted molar refractivity (Wildman–Crippen MR) is 66.4 cm³/mol. The van der Waals surface area contributed by atoms with E-state index in [1.807, 2.05) is 0 Å². The Balaban J connectivity index is 1.90. The molecule has 0 saturated heterocycles. The van der Waals surface area contributed by atoms with E-state index < -0.39 is 12.1 Å². The molecule has 4 heteroatoms. The molecule has 2 aliphatic carbocycles. The maximum absolute atomic E-state index is 13.0. The lowest BCUT2D eigenvalue weighted by Gasteiger charge is -2.36. The van der Waals surface area contributed by atoms with Gasteiger partial charge >= 0.3 is 6.18 Å². The molecule has 3 atom stereocenters. The first kappa shape index (κ1) is 14.2. The molecular weight excluding hydrogens is 239 g/mol. The van der Waals surface area contributed by atoms with Crippen molar-refractivity contribution in [2.75, 3.05) is 0 Å². The fourth-order valence-corrected chi connectivity index (χ4v) is 3.13. The van der Waals surface area contributed by atoms with Crippen LogP contribution in [0.15, 0.2) is 0 Å². The minimum atomic E-state index is -4.03. The van der Waals surface area contributed by atoms with Crippen LogP contribution in [-0.2, 0) is 0 Å². The van der Waals surface area contributed by atoms with Gasteiger partial charge in [0.15, 0.2) is 0 Å². The molecule has 0 aromatic heterocycles. The van der Waals surface area contributed by atoms with Crippen LogP contribution in [0.2, 0.25) is 0 Å². The van der Waals surface area contributed by atoms with Gasteiger partial charge in [-0.15, -0.1) is 0 Å². The Bertz CT molecular complexity index is 260. The Labute approximate surface area is 108 Å². The second kappa shape index (κ2) is 5.81. The molecule has 2 rings (SSSR count). The van der Waals surface area contributed by atoms with E-state index in [4.69, 9.17) is 0 Å². The largest absolute Gasteiger partial charge is 0.393 e. The van der Waals surface area contributed by atoms with Gasteiger partial charge in [-0.25, -0.2) is 0 Å². The van der Waals surface area contributed by atoms with Gasteiger partial charge in [-0.3, -0.25) is 0 Å². The molecule has 18 heavy (non-hydrogen) atoms. The standard InChI is InChI=1S/C14H24F3N/c1-2-11(9-10-7-8-10)18-13-6-4-3-5-12(13)14(15,16)17/h10-13,18H,2-9H2,1H3. The van der Waals surface area contributed by atoms with Crippen LogP contribution in [0.4, 0.5) is 13.2 Å². The zero-order valence-corrected chi connectivity index (χ0v) is 11.1. The quantitative estimate of drug-likeness (QED) is 0.780. The van der Waals surface area contributed by atoms with Crippen molar-refractivity contribution in [3.05, 3.63) is 0 Å². The lowest BCUT2D eigenvalue weighted by molar-refractivity contribution is -0.189. The van der Waals surface area contributed by atoms with Crippen LogP contribution >= 0.6 is 0 Å². The summed E-state index contributed by atoms with van der Waals surface area (Å²) in [7, 11) is 0. The normalized spacial score (nSPS) is 31.3. The summed E-state index contributed by atoms with van der Waals surface area (Å²) in [6.07, 6.45) is 3.17. The summed E-state index contributed by atoms with van der Waals surface area (Å²) in [4.78, 5) is 0. The Morgan fingerprint density at radius 3 is 2.33 bits per heavy atom. The summed E-state index contributed by atoms with van der Waals surface area (Å²) in [5.74, 6) is -0.352. The maximum Gasteiger partial charge on any atom is 0.393 e. The minimum Gasteiger partial charge on any atom is -0.311 e. The van der Waals surface area contributed by atoms with Gasteiger partial charge in [0.05, 0.1) is 5.92 Å². The molecule has 2 saturated carbocycles. The fourth-order valence-electron chi connectivity index (χ4n) is 3.13. The summed E-state index contributed by atoms with van der Waals surface area (Å²) in [5, 5.41) is 3.31. The third-order valence-corrected chi connectivity index (χ3v) is 4.44. The minimum absolute atomic E-state index is 0.283. The average Bonchev–Trinajstić information content (AvgIpc) is 3.11. The van der Waals surface area contributed by atoms with Gasteiger partial charge in [0.2, 0.25) is 0 Å². The van der Waals surface area contributed by atoms with E-state index in [2.05, 4.69) is 12.2 Å². The number of hydrogen-bond acceptors (Lipinski definition) is 1. The summed E-state index contributed by atoms with van der Waals surface area (Å²) < 4.78 is 38.9. The summed E-state index contributed by atoms with van der Waals surface area (Å²) >= 11 is 0. The number of halogens is 3. The Kier molecular flexibility index (Phi) is 4.57. The fraction of sp³-hybridized carbons (Fsp3) is 1.00. The van der Waals surface area contributed by atoms with Crippen molar-refractivity contribution in [3.8, 4) is 0 Å². The summed E-state index contributed by atoms with van der Waals surface area (Å²) in [6, 6.07) is -0.0621. The molecule has 1 N–H and O–H groups in total. The molecular formula is C14H24F3N. The molecule has 0 amide bonds. The van der Waals surface area contributed by atoms with Crippen LogP contribution in [0.5, 0.6) is 0 Å². The van der Waals surface area contributed by atoms with Gasteiger partial charge < -0.3 is 5.32 Å². The molecule has 0 bridgehead atoms. The van der Waals surface area contributed by atoms with E-state index in [0.29, 0.717) is 12.8 Å². The van der Waals surface area contributed by atoms with Crippen molar-refractivity contribution in [2.45, 2.75) is 76.6 Å². The SMILES string of the molecule is CCC(CC1CC1)NC1CCCCC1C(F)(F)F. The van der Waals surface area contributed by atoms with Crippen molar-refractivity contribution in [3.63, 3.8) is 0 Å². The Morgan fingerprint density at radius 2 is 1.78 bits per heavy atom. The molecule has 0 spiro atoms. The lowest BCUT2D eigenvalue weighted by Crippen LogP contribution is -2.49. The van der Waals surface area contributed by atoms with Gasteiger partial charge in [-0.05, 0) is 31.6 Å². The predicted octanol–water partition coefficient (Wildman–Crippen LogP) is 4.28. The molecule has 1 nitrogen and oxygen atoms in total. The molecule has 2 fully saturated rings. The van der Waals surface area contributed by atoms with Crippen molar-refractivity contribution >= 4 is 0 Å². The van der Waals surface area contributed by atoms with E-state index in [1.165, 1.54) is 12.8 Å². The van der Waals surface area contributed by atoms with Crippen molar-refractivity contribution < 1.29 is 13.2 Å². The third kappa shape index (κ3) is 3.87. The second-order valence-electron chi connectivity index (χ2n) is 5.99. The number of rotatable bonds is 5. The Hall–Kier alpha value is -0.250. The number of hydrogen-bond donors (Lipinski definition) is 1. The van der Waals surface area contributed by atoms with Gasteiger partial charge in [0.25, 0.3) is 0 Å². The molecule has 2 aliphatic rings. The first-order valence-corrected chi connectivity index (χ1v) is 7.33. The van der Waals surface area contributed by atoms with Crippen LogP contribution < -0.4 is 5.32 Å². The molecule has 0 radical (unpaired) electrons. The smallest absolute Gasteiger partial charge is 0.311 e. The van der Waals surface area contributed by atoms with Gasteiger partial charge in [0.1, 0.15) is 0 Å². The van der Waals surface area contributed by atoms with Crippen molar-refractivity contribution in [2.24, 2.45) is 11.8 Å². The van der Waals surface area contributed by atoms with E-state index in [0.717, 1.165) is 31.6 Å². The highest BCUT2D eigenvalue weighted by molar-refractivity contribution is 4.89. The topological polar surface area (TPSA) is 12.0 Å². The molecule has 0 heterocycles. The van der Waals surface area contributed by atoms with Crippen LogP contribution in [0.25, 0.3) is 0 Å². The maximum atomic E-state index is 13.0. The molecule has 0 aliphatic heterocycles. The van der Waals surface area contributed by atoms with Gasteiger partial charge in [-0.2, -0.15) is 13.2 Å². The molecule has 0 aromatic carbocycles. The van der Waals surface area contributed by atoms with Crippen LogP contribution in [-0.4, -0.2) is 18.3 Å². The molecule has 106 valence electrons. The van der Waals surface area contributed by atoms with Crippen LogP contribution in [0.1, 0.15) is 58.3 Å². The molecule has 3 unspecified atom stereocenters. The van der Waals surface area contributed by atoms with Gasteiger partial charge in [-0.1, -0.05) is 32.6 Å². The Morgan fingerprint density at radius 1 is 1.11 bits per heavy atom. The van der Waals surface area contributed by atoms with Gasteiger partial charge in [0, 0.05) is 12.1 Å². The highest BCUT2D eigenvalue weighted by atomic mass is 19.4. The van der Waals surface area contributed by atoms with Crippen LogP contribution in [0, 0.1) is 11.8 Å². The zero-order valence-electron chi connectivity index (χ0n) is 11.1. The van der Waals surface area contributed by atoms with E-state index >= 15 is 0 Å². The number of nitrogens with one attached hydrogen (secondary N) is 1.